The molecular formula is C15H17N3S. The fourth-order valence-corrected chi connectivity index (χ4v) is 2.90. The van der Waals surface area contributed by atoms with E-state index in [9.17, 15) is 0 Å². The van der Waals surface area contributed by atoms with Gasteiger partial charge in [0.1, 0.15) is 0 Å². The molecule has 2 rings (SSSR count). The average Bonchev–Trinajstić information content (AvgIpc) is 2.82. The van der Waals surface area contributed by atoms with Crippen molar-refractivity contribution in [2.75, 3.05) is 6.54 Å². The molecule has 0 N–H and O–H groups in total. The summed E-state index contributed by atoms with van der Waals surface area (Å²) in [7, 11) is 0. The quantitative estimate of drug-likeness (QED) is 0.808. The molecule has 0 aliphatic rings. The molecule has 4 heteroatoms. The molecular weight excluding hydrogens is 254 g/mol. The third kappa shape index (κ3) is 4.47. The van der Waals surface area contributed by atoms with Crippen molar-refractivity contribution >= 4 is 11.3 Å². The van der Waals surface area contributed by atoms with Gasteiger partial charge in [-0.2, -0.15) is 5.26 Å². The van der Waals surface area contributed by atoms with Gasteiger partial charge in [-0.3, -0.25) is 9.88 Å². The first-order valence-corrected chi connectivity index (χ1v) is 7.13. The zero-order chi connectivity index (χ0) is 13.5. The van der Waals surface area contributed by atoms with Crippen LogP contribution < -0.4 is 0 Å². The van der Waals surface area contributed by atoms with Gasteiger partial charge in [-0.1, -0.05) is 6.07 Å². The van der Waals surface area contributed by atoms with Crippen molar-refractivity contribution < 1.29 is 0 Å². The number of pyridine rings is 1. The minimum atomic E-state index is 0.560. The third-order valence-electron chi connectivity index (χ3n) is 2.84. The summed E-state index contributed by atoms with van der Waals surface area (Å²) in [6, 6.07) is 10.6. The van der Waals surface area contributed by atoms with Gasteiger partial charge in [0.05, 0.1) is 6.07 Å². The second-order valence-electron chi connectivity index (χ2n) is 4.49. The van der Waals surface area contributed by atoms with Gasteiger partial charge in [-0.05, 0) is 30.7 Å². The molecule has 0 amide bonds. The van der Waals surface area contributed by atoms with Crippen molar-refractivity contribution in [1.82, 2.24) is 9.88 Å². The fourth-order valence-electron chi connectivity index (χ4n) is 1.96. The first-order chi connectivity index (χ1) is 9.28. The van der Waals surface area contributed by atoms with Crippen LogP contribution in [0.1, 0.15) is 21.7 Å². The Labute approximate surface area is 118 Å². The summed E-state index contributed by atoms with van der Waals surface area (Å²) >= 11 is 1.82. The fraction of sp³-hybridized carbons (Fsp3) is 0.333. The number of thiophene rings is 1. The molecule has 98 valence electrons. The molecule has 0 atom stereocenters. The zero-order valence-corrected chi connectivity index (χ0v) is 11.9. The molecule has 0 aliphatic heterocycles. The first-order valence-electron chi connectivity index (χ1n) is 6.31. The van der Waals surface area contributed by atoms with E-state index in [-0.39, 0.29) is 0 Å². The standard InChI is InChI=1S/C15H17N3S/c1-13-5-6-15(19-13)12-18(9-3-7-16)11-14-4-2-8-17-10-14/h2,4-6,8,10H,3,9,11-12H2,1H3. The van der Waals surface area contributed by atoms with E-state index in [1.54, 1.807) is 6.20 Å². The first kappa shape index (κ1) is 13.7. The van der Waals surface area contributed by atoms with Crippen LogP contribution in [0.25, 0.3) is 0 Å². The summed E-state index contributed by atoms with van der Waals surface area (Å²) in [4.78, 5) is 9.11. The van der Waals surface area contributed by atoms with Crippen LogP contribution >= 0.6 is 11.3 Å². The highest BCUT2D eigenvalue weighted by Gasteiger charge is 2.08. The van der Waals surface area contributed by atoms with Gasteiger partial charge in [0.15, 0.2) is 0 Å². The molecule has 0 aliphatic carbocycles. The smallest absolute Gasteiger partial charge is 0.0635 e. The van der Waals surface area contributed by atoms with E-state index < -0.39 is 0 Å². The molecule has 2 heterocycles. The third-order valence-corrected chi connectivity index (χ3v) is 3.83. The molecule has 19 heavy (non-hydrogen) atoms. The number of nitriles is 1. The van der Waals surface area contributed by atoms with Gasteiger partial charge in [-0.15, -0.1) is 11.3 Å². The summed E-state index contributed by atoms with van der Waals surface area (Å²) in [5.41, 5.74) is 1.19. The molecule has 2 aromatic rings. The SMILES string of the molecule is Cc1ccc(CN(CCC#N)Cc2cccnc2)s1. The highest BCUT2D eigenvalue weighted by Crippen LogP contribution is 2.18. The number of nitrogens with zero attached hydrogens (tertiary/aromatic N) is 3. The van der Waals surface area contributed by atoms with Crippen LogP contribution in [0, 0.1) is 18.3 Å². The summed E-state index contributed by atoms with van der Waals surface area (Å²) in [6.45, 7) is 4.65. The molecule has 0 aromatic carbocycles. The number of hydrogen-bond donors (Lipinski definition) is 0. The number of aromatic nitrogens is 1. The van der Waals surface area contributed by atoms with Crippen LogP contribution in [0.5, 0.6) is 0 Å². The van der Waals surface area contributed by atoms with Gasteiger partial charge in [0.25, 0.3) is 0 Å². The lowest BCUT2D eigenvalue weighted by Gasteiger charge is -2.20. The van der Waals surface area contributed by atoms with Crippen molar-refractivity contribution in [3.63, 3.8) is 0 Å². The van der Waals surface area contributed by atoms with Gasteiger partial charge in [-0.25, -0.2) is 0 Å². The lowest BCUT2D eigenvalue weighted by Crippen LogP contribution is -2.23. The Hall–Kier alpha value is -1.70. The number of rotatable bonds is 6. The molecule has 0 saturated carbocycles. The zero-order valence-electron chi connectivity index (χ0n) is 11.0. The van der Waals surface area contributed by atoms with Gasteiger partial charge >= 0.3 is 0 Å². The predicted octanol–water partition coefficient (Wildman–Crippen LogP) is 3.37. The monoisotopic (exact) mass is 271 g/mol. The van der Waals surface area contributed by atoms with Crippen molar-refractivity contribution in [3.8, 4) is 6.07 Å². The molecule has 0 radical (unpaired) electrons. The summed E-state index contributed by atoms with van der Waals surface area (Å²) in [5.74, 6) is 0. The minimum absolute atomic E-state index is 0.560. The van der Waals surface area contributed by atoms with Crippen molar-refractivity contribution in [2.45, 2.75) is 26.4 Å². The summed E-state index contributed by atoms with van der Waals surface area (Å²) in [5, 5.41) is 8.77. The van der Waals surface area contributed by atoms with Crippen LogP contribution in [0.2, 0.25) is 0 Å². The molecule has 0 unspecified atom stereocenters. The normalized spacial score (nSPS) is 10.6. The van der Waals surface area contributed by atoms with Crippen molar-refractivity contribution in [2.24, 2.45) is 0 Å². The molecule has 0 fully saturated rings. The summed E-state index contributed by atoms with van der Waals surface area (Å²) < 4.78 is 0. The molecule has 0 spiro atoms. The van der Waals surface area contributed by atoms with Crippen molar-refractivity contribution in [1.29, 1.82) is 5.26 Å². The van der Waals surface area contributed by atoms with E-state index in [4.69, 9.17) is 5.26 Å². The van der Waals surface area contributed by atoms with Crippen LogP contribution in [0.3, 0.4) is 0 Å². The number of aryl methyl sites for hydroxylation is 1. The largest absolute Gasteiger partial charge is 0.293 e. The van der Waals surface area contributed by atoms with E-state index in [1.165, 1.54) is 15.3 Å². The maximum atomic E-state index is 8.77. The van der Waals surface area contributed by atoms with Gasteiger partial charge in [0.2, 0.25) is 0 Å². The Balaban J connectivity index is 2.01. The number of hydrogen-bond acceptors (Lipinski definition) is 4. The Morgan fingerprint density at radius 1 is 1.32 bits per heavy atom. The Morgan fingerprint density at radius 3 is 2.84 bits per heavy atom. The Kier molecular flexibility index (Phi) is 5.08. The van der Waals surface area contributed by atoms with Gasteiger partial charge in [0, 0.05) is 48.2 Å². The maximum Gasteiger partial charge on any atom is 0.0635 e. The average molecular weight is 271 g/mol. The van der Waals surface area contributed by atoms with E-state index in [0.29, 0.717) is 6.42 Å². The topological polar surface area (TPSA) is 39.9 Å². The highest BCUT2D eigenvalue weighted by atomic mass is 32.1. The van der Waals surface area contributed by atoms with E-state index in [2.05, 4.69) is 41.1 Å². The second-order valence-corrected chi connectivity index (χ2v) is 5.86. The predicted molar refractivity (Wildman–Crippen MR) is 77.6 cm³/mol. The minimum Gasteiger partial charge on any atom is -0.293 e. The lowest BCUT2D eigenvalue weighted by atomic mass is 10.2. The molecule has 2 aromatic heterocycles. The molecule has 0 saturated heterocycles. The van der Waals surface area contributed by atoms with Crippen LogP contribution in [0.15, 0.2) is 36.7 Å². The maximum absolute atomic E-state index is 8.77. The lowest BCUT2D eigenvalue weighted by molar-refractivity contribution is 0.265. The highest BCUT2D eigenvalue weighted by molar-refractivity contribution is 7.11. The molecule has 0 bridgehead atoms. The van der Waals surface area contributed by atoms with E-state index >= 15 is 0 Å². The van der Waals surface area contributed by atoms with E-state index in [1.807, 2.05) is 23.6 Å². The molecule has 3 nitrogen and oxygen atoms in total. The van der Waals surface area contributed by atoms with Crippen LogP contribution in [-0.2, 0) is 13.1 Å². The van der Waals surface area contributed by atoms with Crippen LogP contribution in [0.4, 0.5) is 0 Å². The van der Waals surface area contributed by atoms with E-state index in [0.717, 1.165) is 19.6 Å². The Bertz CT molecular complexity index is 542. The Morgan fingerprint density at radius 2 is 2.21 bits per heavy atom. The summed E-state index contributed by atoms with van der Waals surface area (Å²) in [6.07, 6.45) is 4.23. The van der Waals surface area contributed by atoms with Crippen molar-refractivity contribution in [3.05, 3.63) is 52.0 Å². The second kappa shape index (κ2) is 7.03. The van der Waals surface area contributed by atoms with Crippen LogP contribution in [-0.4, -0.2) is 16.4 Å². The van der Waals surface area contributed by atoms with Gasteiger partial charge < -0.3 is 0 Å².